The van der Waals surface area contributed by atoms with Crippen LogP contribution in [0.5, 0.6) is 0 Å². The van der Waals surface area contributed by atoms with E-state index in [1.54, 1.807) is 12.1 Å². The summed E-state index contributed by atoms with van der Waals surface area (Å²) >= 11 is 0. The highest BCUT2D eigenvalue weighted by Gasteiger charge is 2.32. The van der Waals surface area contributed by atoms with E-state index in [1.165, 1.54) is 0 Å². The van der Waals surface area contributed by atoms with E-state index in [0.29, 0.717) is 6.54 Å². The Kier molecular flexibility index (Phi) is 3.47. The molecule has 4 nitrogen and oxygen atoms in total. The molecule has 18 heavy (non-hydrogen) atoms. The summed E-state index contributed by atoms with van der Waals surface area (Å²) in [5.74, 6) is -4.20. The third kappa shape index (κ3) is 2.59. The second-order valence-corrected chi connectivity index (χ2v) is 4.25. The molecule has 6 heteroatoms. The van der Waals surface area contributed by atoms with Gasteiger partial charge in [0.1, 0.15) is 6.61 Å². The minimum Gasteiger partial charge on any atom is -0.390 e. The molecule has 1 amide bonds. The maximum atomic E-state index is 12.8. The van der Waals surface area contributed by atoms with Crippen LogP contribution < -0.4 is 10.6 Å². The number of aliphatic hydroxyl groups is 1. The number of rotatable bonds is 4. The zero-order valence-electron chi connectivity index (χ0n) is 9.62. The molecule has 0 fully saturated rings. The Morgan fingerprint density at radius 3 is 2.94 bits per heavy atom. The molecule has 0 bridgehead atoms. The first-order valence-corrected chi connectivity index (χ1v) is 5.63. The number of fused-ring (bicyclic) bond motifs is 1. The molecular weight excluding hydrogens is 242 g/mol. The lowest BCUT2D eigenvalue weighted by Gasteiger charge is -2.16. The zero-order valence-corrected chi connectivity index (χ0v) is 9.62. The number of halogens is 2. The Morgan fingerprint density at radius 2 is 2.22 bits per heavy atom. The van der Waals surface area contributed by atoms with E-state index < -0.39 is 30.9 Å². The van der Waals surface area contributed by atoms with Crippen LogP contribution in [-0.4, -0.2) is 36.6 Å². The molecular formula is C12H14F2N2O2. The average molecular weight is 256 g/mol. The summed E-state index contributed by atoms with van der Waals surface area (Å²) in [5.41, 5.74) is 1.66. The van der Waals surface area contributed by atoms with Crippen molar-refractivity contribution >= 4 is 11.6 Å². The van der Waals surface area contributed by atoms with Crippen molar-refractivity contribution in [2.75, 3.05) is 25.0 Å². The van der Waals surface area contributed by atoms with Crippen molar-refractivity contribution in [3.05, 3.63) is 29.8 Å². The number of nitrogens with one attached hydrogen (secondary N) is 2. The third-order valence-corrected chi connectivity index (χ3v) is 2.90. The molecule has 0 spiro atoms. The molecule has 1 aliphatic rings. The smallest absolute Gasteiger partial charge is 0.287 e. The quantitative estimate of drug-likeness (QED) is 0.751. The van der Waals surface area contributed by atoms with Gasteiger partial charge < -0.3 is 15.7 Å². The number of hydrogen-bond donors (Lipinski definition) is 3. The number of para-hydroxylation sites is 1. The highest BCUT2D eigenvalue weighted by atomic mass is 19.3. The van der Waals surface area contributed by atoms with E-state index >= 15 is 0 Å². The number of carbonyl (C=O) groups is 1. The van der Waals surface area contributed by atoms with Crippen LogP contribution >= 0.6 is 0 Å². The molecule has 3 N–H and O–H groups in total. The fourth-order valence-electron chi connectivity index (χ4n) is 1.91. The number of alkyl halides is 2. The Balaban J connectivity index is 2.00. The van der Waals surface area contributed by atoms with Gasteiger partial charge in [-0.2, -0.15) is 0 Å². The van der Waals surface area contributed by atoms with Gasteiger partial charge >= 0.3 is 0 Å². The normalized spacial score (nSPS) is 18.1. The Morgan fingerprint density at radius 1 is 1.50 bits per heavy atom. The molecule has 98 valence electrons. The molecule has 1 aromatic rings. The standard InChI is InChI=1S/C12H14F2N2O2/c13-12(14,7-17)6-16-11(18)9-5-15-10-4-2-1-3-8(9)10/h1-4,9,15,17H,5-7H2,(H,16,18). The lowest BCUT2D eigenvalue weighted by molar-refractivity contribution is -0.125. The first kappa shape index (κ1) is 12.8. The third-order valence-electron chi connectivity index (χ3n) is 2.90. The lowest BCUT2D eigenvalue weighted by Crippen LogP contribution is -2.41. The molecule has 2 rings (SSSR count). The molecule has 1 aliphatic heterocycles. The highest BCUT2D eigenvalue weighted by molar-refractivity contribution is 5.88. The van der Waals surface area contributed by atoms with E-state index in [4.69, 9.17) is 5.11 Å². The van der Waals surface area contributed by atoms with Gasteiger partial charge in [0.15, 0.2) is 0 Å². The maximum absolute atomic E-state index is 12.8. The minimum absolute atomic E-state index is 0.399. The van der Waals surface area contributed by atoms with Crippen LogP contribution in [0.1, 0.15) is 11.5 Å². The summed E-state index contributed by atoms with van der Waals surface area (Å²) in [6, 6.07) is 7.27. The van der Waals surface area contributed by atoms with Crippen LogP contribution in [-0.2, 0) is 4.79 Å². The van der Waals surface area contributed by atoms with Gasteiger partial charge in [-0.3, -0.25) is 4.79 Å². The SMILES string of the molecule is O=C(NCC(F)(F)CO)C1CNc2ccccc21. The summed E-state index contributed by atoms with van der Waals surface area (Å²) in [6.07, 6.45) is 0. The van der Waals surface area contributed by atoms with Crippen molar-refractivity contribution in [2.45, 2.75) is 11.8 Å². The van der Waals surface area contributed by atoms with Gasteiger partial charge in [-0.1, -0.05) is 18.2 Å². The largest absolute Gasteiger partial charge is 0.390 e. The van der Waals surface area contributed by atoms with E-state index in [-0.39, 0.29) is 0 Å². The van der Waals surface area contributed by atoms with Crippen molar-refractivity contribution in [3.8, 4) is 0 Å². The van der Waals surface area contributed by atoms with Crippen molar-refractivity contribution in [2.24, 2.45) is 0 Å². The minimum atomic E-state index is -3.28. The van der Waals surface area contributed by atoms with Crippen molar-refractivity contribution in [1.29, 1.82) is 0 Å². The van der Waals surface area contributed by atoms with Crippen LogP contribution in [0.2, 0.25) is 0 Å². The fraction of sp³-hybridized carbons (Fsp3) is 0.417. The van der Waals surface area contributed by atoms with E-state index in [0.717, 1.165) is 11.3 Å². The van der Waals surface area contributed by atoms with Crippen LogP contribution in [0.3, 0.4) is 0 Å². The van der Waals surface area contributed by atoms with Crippen molar-refractivity contribution in [1.82, 2.24) is 5.32 Å². The number of benzene rings is 1. The molecule has 0 aliphatic carbocycles. The highest BCUT2D eigenvalue weighted by Crippen LogP contribution is 2.31. The number of carbonyl (C=O) groups excluding carboxylic acids is 1. The van der Waals surface area contributed by atoms with Gasteiger partial charge in [-0.15, -0.1) is 0 Å². The van der Waals surface area contributed by atoms with Crippen LogP contribution in [0, 0.1) is 0 Å². The zero-order chi connectivity index (χ0) is 13.2. The molecule has 0 saturated carbocycles. The summed E-state index contributed by atoms with van der Waals surface area (Å²) in [6.45, 7) is -1.72. The fourth-order valence-corrected chi connectivity index (χ4v) is 1.91. The predicted octanol–water partition coefficient (Wildman–Crippen LogP) is 0.939. The molecule has 0 radical (unpaired) electrons. The van der Waals surface area contributed by atoms with Gasteiger partial charge in [0, 0.05) is 12.2 Å². The summed E-state index contributed by atoms with van der Waals surface area (Å²) in [7, 11) is 0. The first-order chi connectivity index (χ1) is 8.53. The van der Waals surface area contributed by atoms with Gasteiger partial charge in [-0.25, -0.2) is 8.78 Å². The molecule has 0 saturated heterocycles. The second kappa shape index (κ2) is 4.89. The number of aliphatic hydroxyl groups excluding tert-OH is 1. The van der Waals surface area contributed by atoms with E-state index in [9.17, 15) is 13.6 Å². The summed E-state index contributed by atoms with van der Waals surface area (Å²) < 4.78 is 25.6. The van der Waals surface area contributed by atoms with E-state index in [1.807, 2.05) is 12.1 Å². The van der Waals surface area contributed by atoms with Gasteiger partial charge in [0.2, 0.25) is 5.91 Å². The predicted molar refractivity (Wildman–Crippen MR) is 62.7 cm³/mol. The molecule has 1 atom stereocenters. The monoisotopic (exact) mass is 256 g/mol. The van der Waals surface area contributed by atoms with Crippen molar-refractivity contribution < 1.29 is 18.7 Å². The Labute approximate surface area is 103 Å². The van der Waals surface area contributed by atoms with Gasteiger partial charge in [-0.05, 0) is 11.6 Å². The Hall–Kier alpha value is -1.69. The number of anilines is 1. The Bertz CT molecular complexity index is 451. The lowest BCUT2D eigenvalue weighted by atomic mass is 10.0. The van der Waals surface area contributed by atoms with Crippen LogP contribution in [0.4, 0.5) is 14.5 Å². The summed E-state index contributed by atoms with van der Waals surface area (Å²) in [5, 5.41) is 13.6. The molecule has 0 aromatic heterocycles. The van der Waals surface area contributed by atoms with Gasteiger partial charge in [0.25, 0.3) is 5.92 Å². The molecule has 1 aromatic carbocycles. The number of amides is 1. The molecule has 1 heterocycles. The second-order valence-electron chi connectivity index (χ2n) is 4.25. The topological polar surface area (TPSA) is 61.4 Å². The van der Waals surface area contributed by atoms with Gasteiger partial charge in [0.05, 0.1) is 12.5 Å². The maximum Gasteiger partial charge on any atom is 0.287 e. The van der Waals surface area contributed by atoms with Crippen molar-refractivity contribution in [3.63, 3.8) is 0 Å². The molecule has 1 unspecified atom stereocenters. The average Bonchev–Trinajstić information content (AvgIpc) is 2.80. The first-order valence-electron chi connectivity index (χ1n) is 5.63. The summed E-state index contributed by atoms with van der Waals surface area (Å²) in [4.78, 5) is 11.8. The number of hydrogen-bond acceptors (Lipinski definition) is 3. The van der Waals surface area contributed by atoms with Crippen LogP contribution in [0.15, 0.2) is 24.3 Å². The van der Waals surface area contributed by atoms with E-state index in [2.05, 4.69) is 10.6 Å². The van der Waals surface area contributed by atoms with Crippen LogP contribution in [0.25, 0.3) is 0 Å².